The fraction of sp³-hybridized carbons (Fsp3) is 0.591. The van der Waals surface area contributed by atoms with E-state index in [0.717, 1.165) is 73.5 Å². The standard InChI is InChI=1S/C22H30N6O2/c1-15-13-23-22(24-14-15)28-11-9-27(10-12-28)19(29)8-4-6-17-5-3-7-18-16(2)21(30)26-25-20(17)18/h13-14,17H,3-12H2,1-2H3,(H,26,30)/t17-/m0/s1. The molecular weight excluding hydrogens is 380 g/mol. The minimum Gasteiger partial charge on any atom is -0.339 e. The van der Waals surface area contributed by atoms with Gasteiger partial charge in [0.15, 0.2) is 0 Å². The van der Waals surface area contributed by atoms with E-state index >= 15 is 0 Å². The van der Waals surface area contributed by atoms with Gasteiger partial charge in [0.25, 0.3) is 5.56 Å². The van der Waals surface area contributed by atoms with Crippen LogP contribution in [-0.4, -0.2) is 57.2 Å². The second-order valence-corrected chi connectivity index (χ2v) is 8.45. The number of aromatic nitrogens is 4. The van der Waals surface area contributed by atoms with Crippen LogP contribution in [0.15, 0.2) is 17.2 Å². The number of hydrogen-bond acceptors (Lipinski definition) is 6. The third kappa shape index (κ3) is 4.37. The fourth-order valence-corrected chi connectivity index (χ4v) is 4.55. The largest absolute Gasteiger partial charge is 0.339 e. The predicted molar refractivity (Wildman–Crippen MR) is 115 cm³/mol. The van der Waals surface area contributed by atoms with Crippen molar-refractivity contribution in [3.63, 3.8) is 0 Å². The molecule has 0 aromatic carbocycles. The molecule has 1 aliphatic heterocycles. The lowest BCUT2D eigenvalue weighted by Gasteiger charge is -2.35. The highest BCUT2D eigenvalue weighted by molar-refractivity contribution is 5.76. The van der Waals surface area contributed by atoms with Crippen LogP contribution in [0.3, 0.4) is 0 Å². The highest BCUT2D eigenvalue weighted by atomic mass is 16.2. The zero-order valence-electron chi connectivity index (χ0n) is 17.9. The second kappa shape index (κ2) is 8.93. The number of amides is 1. The molecule has 8 nitrogen and oxygen atoms in total. The molecule has 160 valence electrons. The Morgan fingerprint density at radius 2 is 1.90 bits per heavy atom. The van der Waals surface area contributed by atoms with Gasteiger partial charge in [-0.05, 0) is 57.1 Å². The Bertz CT molecular complexity index is 947. The molecule has 0 unspecified atom stereocenters. The monoisotopic (exact) mass is 410 g/mol. The van der Waals surface area contributed by atoms with Gasteiger partial charge in [0.1, 0.15) is 0 Å². The maximum atomic E-state index is 12.7. The van der Waals surface area contributed by atoms with E-state index in [2.05, 4.69) is 25.1 Å². The van der Waals surface area contributed by atoms with Crippen LogP contribution < -0.4 is 10.5 Å². The van der Waals surface area contributed by atoms with Gasteiger partial charge in [-0.2, -0.15) is 5.10 Å². The van der Waals surface area contributed by atoms with Crippen molar-refractivity contribution in [1.29, 1.82) is 0 Å². The summed E-state index contributed by atoms with van der Waals surface area (Å²) in [5.41, 5.74) is 3.93. The third-order valence-corrected chi connectivity index (χ3v) is 6.37. The van der Waals surface area contributed by atoms with Crippen molar-refractivity contribution in [2.24, 2.45) is 0 Å². The van der Waals surface area contributed by atoms with E-state index in [0.29, 0.717) is 25.4 Å². The number of anilines is 1. The first-order chi connectivity index (χ1) is 14.5. The van der Waals surface area contributed by atoms with Gasteiger partial charge >= 0.3 is 0 Å². The molecule has 0 radical (unpaired) electrons. The molecule has 30 heavy (non-hydrogen) atoms. The Morgan fingerprint density at radius 3 is 2.63 bits per heavy atom. The summed E-state index contributed by atoms with van der Waals surface area (Å²) in [5.74, 6) is 1.30. The molecule has 0 bridgehead atoms. The molecule has 1 fully saturated rings. The van der Waals surface area contributed by atoms with Gasteiger partial charge in [-0.25, -0.2) is 15.1 Å². The molecule has 2 aromatic heterocycles. The van der Waals surface area contributed by atoms with E-state index in [9.17, 15) is 9.59 Å². The van der Waals surface area contributed by atoms with Crippen molar-refractivity contribution in [1.82, 2.24) is 25.1 Å². The van der Waals surface area contributed by atoms with Crippen molar-refractivity contribution < 1.29 is 4.79 Å². The van der Waals surface area contributed by atoms with Gasteiger partial charge in [-0.1, -0.05) is 0 Å². The quantitative estimate of drug-likeness (QED) is 0.811. The number of carbonyl (C=O) groups excluding carboxylic acids is 1. The number of nitrogens with one attached hydrogen (secondary N) is 1. The van der Waals surface area contributed by atoms with Crippen LogP contribution in [0.4, 0.5) is 5.95 Å². The number of aromatic amines is 1. The fourth-order valence-electron chi connectivity index (χ4n) is 4.55. The first-order valence-corrected chi connectivity index (χ1v) is 10.9. The molecule has 1 amide bonds. The lowest BCUT2D eigenvalue weighted by atomic mass is 9.82. The molecule has 1 saturated heterocycles. The summed E-state index contributed by atoms with van der Waals surface area (Å²) in [7, 11) is 0. The average molecular weight is 411 g/mol. The van der Waals surface area contributed by atoms with Crippen LogP contribution in [0.5, 0.6) is 0 Å². The number of nitrogens with zero attached hydrogens (tertiary/aromatic N) is 5. The van der Waals surface area contributed by atoms with Crippen LogP contribution in [0.1, 0.15) is 60.4 Å². The Kier molecular flexibility index (Phi) is 6.11. The molecule has 8 heteroatoms. The van der Waals surface area contributed by atoms with E-state index in [1.54, 1.807) is 0 Å². The molecule has 2 aliphatic rings. The number of carbonyl (C=O) groups is 1. The molecule has 0 saturated carbocycles. The lowest BCUT2D eigenvalue weighted by Crippen LogP contribution is -2.49. The molecule has 3 heterocycles. The summed E-state index contributed by atoms with van der Waals surface area (Å²) in [5, 5.41) is 6.97. The Morgan fingerprint density at radius 1 is 1.17 bits per heavy atom. The van der Waals surface area contributed by atoms with Crippen LogP contribution in [0.25, 0.3) is 0 Å². The number of H-pyrrole nitrogens is 1. The number of fused-ring (bicyclic) bond motifs is 1. The van der Waals surface area contributed by atoms with Crippen molar-refractivity contribution >= 4 is 11.9 Å². The minimum absolute atomic E-state index is 0.0836. The van der Waals surface area contributed by atoms with Gasteiger partial charge in [0.05, 0.1) is 5.69 Å². The third-order valence-electron chi connectivity index (χ3n) is 6.37. The molecule has 4 rings (SSSR count). The van der Waals surface area contributed by atoms with Crippen molar-refractivity contribution in [3.05, 3.63) is 45.1 Å². The summed E-state index contributed by atoms with van der Waals surface area (Å²) >= 11 is 0. The molecule has 1 aliphatic carbocycles. The zero-order chi connectivity index (χ0) is 21.1. The van der Waals surface area contributed by atoms with Crippen LogP contribution in [0.2, 0.25) is 0 Å². The SMILES string of the molecule is Cc1cnc(N2CCN(C(=O)CCC[C@@H]3CCCc4c3n[nH]c(=O)c4C)CC2)nc1. The number of rotatable bonds is 5. The van der Waals surface area contributed by atoms with E-state index in [1.807, 2.05) is 31.1 Å². The Hall–Kier alpha value is -2.77. The molecule has 2 aromatic rings. The van der Waals surface area contributed by atoms with E-state index in [1.165, 1.54) is 0 Å². The first kappa shape index (κ1) is 20.5. The van der Waals surface area contributed by atoms with Crippen molar-refractivity contribution in [3.8, 4) is 0 Å². The second-order valence-electron chi connectivity index (χ2n) is 8.45. The molecule has 0 spiro atoms. The van der Waals surface area contributed by atoms with Gasteiger partial charge in [-0.15, -0.1) is 0 Å². The summed E-state index contributed by atoms with van der Waals surface area (Å²) in [6.07, 6.45) is 9.11. The topological polar surface area (TPSA) is 95.1 Å². The van der Waals surface area contributed by atoms with Gasteiger partial charge in [-0.3, -0.25) is 9.59 Å². The number of hydrogen-bond donors (Lipinski definition) is 1. The lowest BCUT2D eigenvalue weighted by molar-refractivity contribution is -0.131. The number of aryl methyl sites for hydroxylation is 1. The number of piperazine rings is 1. The van der Waals surface area contributed by atoms with Crippen molar-refractivity contribution in [2.45, 2.75) is 58.3 Å². The molecular formula is C22H30N6O2. The Balaban J connectivity index is 1.26. The Labute approximate surface area is 176 Å². The highest BCUT2D eigenvalue weighted by Crippen LogP contribution is 2.34. The normalized spacial score (nSPS) is 18.9. The van der Waals surface area contributed by atoms with Gasteiger partial charge < -0.3 is 9.80 Å². The maximum absolute atomic E-state index is 12.7. The van der Waals surface area contributed by atoms with Crippen LogP contribution in [-0.2, 0) is 11.2 Å². The van der Waals surface area contributed by atoms with Gasteiger partial charge in [0.2, 0.25) is 11.9 Å². The predicted octanol–water partition coefficient (Wildman–Crippen LogP) is 2.12. The van der Waals surface area contributed by atoms with Crippen LogP contribution >= 0.6 is 0 Å². The van der Waals surface area contributed by atoms with E-state index in [4.69, 9.17) is 0 Å². The summed E-state index contributed by atoms with van der Waals surface area (Å²) in [6, 6.07) is 0. The van der Waals surface area contributed by atoms with E-state index in [-0.39, 0.29) is 11.5 Å². The van der Waals surface area contributed by atoms with E-state index < -0.39 is 0 Å². The van der Waals surface area contributed by atoms with Crippen LogP contribution in [0, 0.1) is 13.8 Å². The molecule has 1 atom stereocenters. The zero-order valence-corrected chi connectivity index (χ0v) is 17.9. The van der Waals surface area contributed by atoms with Gasteiger partial charge in [0, 0.05) is 56.5 Å². The minimum atomic E-state index is -0.0836. The van der Waals surface area contributed by atoms with Crippen molar-refractivity contribution in [2.75, 3.05) is 31.1 Å². The maximum Gasteiger partial charge on any atom is 0.267 e. The summed E-state index contributed by atoms with van der Waals surface area (Å²) in [4.78, 5) is 37.4. The molecule has 1 N–H and O–H groups in total. The highest BCUT2D eigenvalue weighted by Gasteiger charge is 2.26. The summed E-state index contributed by atoms with van der Waals surface area (Å²) in [6.45, 7) is 6.81. The smallest absolute Gasteiger partial charge is 0.267 e. The average Bonchev–Trinajstić information content (AvgIpc) is 2.77. The summed E-state index contributed by atoms with van der Waals surface area (Å²) < 4.78 is 0. The first-order valence-electron chi connectivity index (χ1n) is 10.9.